The fourth-order valence-electron chi connectivity index (χ4n) is 4.46. The maximum Gasteiger partial charge on any atom is 0.433 e. The average molecular weight is 406 g/mol. The lowest BCUT2D eigenvalue weighted by Gasteiger charge is -2.30. The molecule has 0 N–H and O–H groups in total. The third-order valence-corrected chi connectivity index (χ3v) is 6.03. The summed E-state index contributed by atoms with van der Waals surface area (Å²) in [6.45, 7) is 4.48. The third kappa shape index (κ3) is 4.37. The minimum Gasteiger partial charge on any atom is -0.298 e. The van der Waals surface area contributed by atoms with Crippen molar-refractivity contribution >= 4 is 0 Å². The molecule has 0 saturated heterocycles. The van der Waals surface area contributed by atoms with Crippen LogP contribution in [-0.4, -0.2) is 32.5 Å². The van der Waals surface area contributed by atoms with Crippen LogP contribution >= 0.6 is 0 Å². The van der Waals surface area contributed by atoms with Gasteiger partial charge in [-0.3, -0.25) is 19.2 Å². The molecule has 0 amide bonds. The summed E-state index contributed by atoms with van der Waals surface area (Å²) in [5.41, 5.74) is 1.10. The number of rotatable bonds is 4. The van der Waals surface area contributed by atoms with E-state index in [1.807, 2.05) is 0 Å². The van der Waals surface area contributed by atoms with Crippen molar-refractivity contribution in [3.8, 4) is 0 Å². The van der Waals surface area contributed by atoms with Crippen molar-refractivity contribution in [2.24, 2.45) is 5.92 Å². The average Bonchev–Trinajstić information content (AvgIpc) is 3.18. The molecule has 1 saturated carbocycles. The van der Waals surface area contributed by atoms with E-state index in [4.69, 9.17) is 0 Å². The molecule has 2 aromatic rings. The molecule has 156 valence electrons. The molecule has 3 heterocycles. The van der Waals surface area contributed by atoms with E-state index >= 15 is 0 Å². The Morgan fingerprint density at radius 3 is 2.62 bits per heavy atom. The van der Waals surface area contributed by atoms with Crippen molar-refractivity contribution in [1.82, 2.24) is 19.4 Å². The highest BCUT2D eigenvalue weighted by atomic mass is 19.4. The van der Waals surface area contributed by atoms with Gasteiger partial charge >= 0.3 is 6.18 Å². The van der Waals surface area contributed by atoms with Gasteiger partial charge in [0, 0.05) is 32.3 Å². The first kappa shape index (κ1) is 20.1. The Morgan fingerprint density at radius 1 is 1.21 bits per heavy atom. The van der Waals surface area contributed by atoms with Crippen LogP contribution in [0.25, 0.3) is 0 Å². The van der Waals surface area contributed by atoms with Crippen LogP contribution in [0.5, 0.6) is 0 Å². The molecule has 2 aliphatic rings. The van der Waals surface area contributed by atoms with Gasteiger partial charge in [0.05, 0.1) is 17.8 Å². The lowest BCUT2D eigenvalue weighted by molar-refractivity contribution is -0.141. The summed E-state index contributed by atoms with van der Waals surface area (Å²) in [5.74, 6) is 1.30. The molecule has 0 spiro atoms. The number of alkyl halides is 3. The summed E-state index contributed by atoms with van der Waals surface area (Å²) in [4.78, 5) is 23.6. The molecule has 0 unspecified atom stereocenters. The molecule has 1 aliphatic carbocycles. The predicted molar refractivity (Wildman–Crippen MR) is 103 cm³/mol. The first-order chi connectivity index (χ1) is 13.8. The summed E-state index contributed by atoms with van der Waals surface area (Å²) < 4.78 is 39.7. The Hall–Kier alpha value is -2.22. The van der Waals surface area contributed by atoms with E-state index < -0.39 is 11.9 Å². The second-order valence-corrected chi connectivity index (χ2v) is 8.16. The summed E-state index contributed by atoms with van der Waals surface area (Å²) in [6, 6.07) is 2.32. The molecule has 29 heavy (non-hydrogen) atoms. The normalized spacial score (nSPS) is 18.2. The Kier molecular flexibility index (Phi) is 5.46. The number of halogens is 3. The lowest BCUT2D eigenvalue weighted by atomic mass is 10.0. The minimum atomic E-state index is -4.47. The largest absolute Gasteiger partial charge is 0.433 e. The zero-order valence-electron chi connectivity index (χ0n) is 16.5. The topological polar surface area (TPSA) is 51.0 Å². The highest BCUT2D eigenvalue weighted by Crippen LogP contribution is 2.28. The highest BCUT2D eigenvalue weighted by Gasteiger charge is 2.32. The van der Waals surface area contributed by atoms with Crippen LogP contribution in [0.3, 0.4) is 0 Å². The summed E-state index contributed by atoms with van der Waals surface area (Å²) in [6.07, 6.45) is 2.59. The molecular weight excluding hydrogens is 381 g/mol. The lowest BCUT2D eigenvalue weighted by Crippen LogP contribution is -2.40. The molecule has 2 aromatic heterocycles. The molecule has 0 bridgehead atoms. The highest BCUT2D eigenvalue weighted by molar-refractivity contribution is 5.23. The van der Waals surface area contributed by atoms with E-state index in [9.17, 15) is 18.0 Å². The number of nitrogens with zero attached hydrogens (tertiary/aromatic N) is 4. The first-order valence-corrected chi connectivity index (χ1v) is 10.1. The molecule has 8 heteroatoms. The monoisotopic (exact) mass is 406 g/mol. The van der Waals surface area contributed by atoms with Gasteiger partial charge in [0.1, 0.15) is 11.5 Å². The summed E-state index contributed by atoms with van der Waals surface area (Å²) in [5, 5.41) is 0. The van der Waals surface area contributed by atoms with E-state index in [-0.39, 0.29) is 12.1 Å². The standard InChI is InChI=1S/C21H25F3N4O/c1-14-26-18-8-9-27(11-15-4-2-3-5-15)13-17(18)20(29)28(14)12-16-6-7-19(25-10-16)21(22,23)24/h6-7,10,15H,2-5,8-9,11-13H2,1H3. The van der Waals surface area contributed by atoms with Crippen molar-refractivity contribution < 1.29 is 13.2 Å². The smallest absolute Gasteiger partial charge is 0.298 e. The number of aromatic nitrogens is 3. The molecule has 1 fully saturated rings. The molecule has 1 aliphatic heterocycles. The van der Waals surface area contributed by atoms with Gasteiger partial charge in [0.2, 0.25) is 0 Å². The maximum absolute atomic E-state index is 13.1. The molecule has 0 atom stereocenters. The van der Waals surface area contributed by atoms with Crippen molar-refractivity contribution in [1.29, 1.82) is 0 Å². The van der Waals surface area contributed by atoms with Crippen LogP contribution in [0.1, 0.15) is 54.0 Å². The van der Waals surface area contributed by atoms with Crippen LogP contribution in [-0.2, 0) is 25.7 Å². The van der Waals surface area contributed by atoms with E-state index in [1.54, 1.807) is 11.5 Å². The number of pyridine rings is 1. The van der Waals surface area contributed by atoms with Crippen LogP contribution in [0, 0.1) is 12.8 Å². The van der Waals surface area contributed by atoms with E-state index in [1.165, 1.54) is 37.9 Å². The number of hydrogen-bond donors (Lipinski definition) is 0. The van der Waals surface area contributed by atoms with E-state index in [0.29, 0.717) is 17.9 Å². The van der Waals surface area contributed by atoms with Gasteiger partial charge in [0.25, 0.3) is 5.56 Å². The first-order valence-electron chi connectivity index (χ1n) is 10.1. The fourth-order valence-corrected chi connectivity index (χ4v) is 4.46. The quantitative estimate of drug-likeness (QED) is 0.779. The SMILES string of the molecule is Cc1nc2c(c(=O)n1Cc1ccc(C(F)(F)F)nc1)CN(CC1CCCC1)CC2. The van der Waals surface area contributed by atoms with Gasteiger partial charge in [-0.1, -0.05) is 18.9 Å². The predicted octanol–water partition coefficient (Wildman–Crippen LogP) is 3.56. The summed E-state index contributed by atoms with van der Waals surface area (Å²) >= 11 is 0. The minimum absolute atomic E-state index is 0.0940. The zero-order chi connectivity index (χ0) is 20.6. The van der Waals surface area contributed by atoms with Crippen molar-refractivity contribution in [3.63, 3.8) is 0 Å². The molecule has 4 rings (SSSR count). The third-order valence-electron chi connectivity index (χ3n) is 6.03. The van der Waals surface area contributed by atoms with Gasteiger partial charge in [0.15, 0.2) is 0 Å². The second-order valence-electron chi connectivity index (χ2n) is 8.16. The van der Waals surface area contributed by atoms with Crippen molar-refractivity contribution in [3.05, 3.63) is 57.0 Å². The Bertz CT molecular complexity index is 931. The van der Waals surface area contributed by atoms with Crippen molar-refractivity contribution in [2.45, 2.75) is 58.3 Å². The second kappa shape index (κ2) is 7.89. The number of fused-ring (bicyclic) bond motifs is 1. The van der Waals surface area contributed by atoms with Crippen LogP contribution in [0.2, 0.25) is 0 Å². The van der Waals surface area contributed by atoms with Gasteiger partial charge in [-0.05, 0) is 37.3 Å². The van der Waals surface area contributed by atoms with Crippen LogP contribution < -0.4 is 5.56 Å². The van der Waals surface area contributed by atoms with Crippen LogP contribution in [0.4, 0.5) is 13.2 Å². The summed E-state index contributed by atoms with van der Waals surface area (Å²) in [7, 11) is 0. The van der Waals surface area contributed by atoms with Gasteiger partial charge in [-0.25, -0.2) is 4.98 Å². The molecule has 5 nitrogen and oxygen atoms in total. The molecule has 0 aromatic carbocycles. The Morgan fingerprint density at radius 2 is 1.97 bits per heavy atom. The zero-order valence-corrected chi connectivity index (χ0v) is 16.5. The van der Waals surface area contributed by atoms with Crippen molar-refractivity contribution in [2.75, 3.05) is 13.1 Å². The van der Waals surface area contributed by atoms with Gasteiger partial charge < -0.3 is 0 Å². The van der Waals surface area contributed by atoms with E-state index in [0.717, 1.165) is 42.8 Å². The maximum atomic E-state index is 13.1. The number of aryl methyl sites for hydroxylation is 1. The van der Waals surface area contributed by atoms with E-state index in [2.05, 4.69) is 14.9 Å². The van der Waals surface area contributed by atoms with Gasteiger partial charge in [-0.2, -0.15) is 13.2 Å². The molecule has 0 radical (unpaired) electrons. The molecular formula is C21H25F3N4O. The fraction of sp³-hybridized carbons (Fsp3) is 0.571. The Balaban J connectivity index is 1.55. The Labute approximate surface area is 167 Å². The van der Waals surface area contributed by atoms with Crippen LogP contribution in [0.15, 0.2) is 23.1 Å². The number of hydrogen-bond acceptors (Lipinski definition) is 4. The van der Waals surface area contributed by atoms with Gasteiger partial charge in [-0.15, -0.1) is 0 Å².